The Bertz CT molecular complexity index is 698. The van der Waals surface area contributed by atoms with E-state index < -0.39 is 0 Å². The molecule has 0 saturated heterocycles. The van der Waals surface area contributed by atoms with Gasteiger partial charge in [0.2, 0.25) is 5.91 Å². The number of nitrogens with one attached hydrogen (secondary N) is 2. The normalized spacial score (nSPS) is 13.0. The van der Waals surface area contributed by atoms with Crippen molar-refractivity contribution in [3.05, 3.63) is 65.7 Å². The topological polar surface area (TPSA) is 58.2 Å². The van der Waals surface area contributed by atoms with Gasteiger partial charge in [0, 0.05) is 5.92 Å². The Morgan fingerprint density at radius 3 is 2.25 bits per heavy atom. The van der Waals surface area contributed by atoms with Gasteiger partial charge in [-0.2, -0.15) is 0 Å². The molecule has 2 N–H and O–H groups in total. The van der Waals surface area contributed by atoms with E-state index in [0.717, 1.165) is 12.0 Å². The van der Waals surface area contributed by atoms with Crippen LogP contribution in [0, 0.1) is 5.92 Å². The highest BCUT2D eigenvalue weighted by Gasteiger charge is 2.17. The average Bonchev–Trinajstić information content (AvgIpc) is 2.62. The lowest BCUT2D eigenvalue weighted by Crippen LogP contribution is -2.28. The monoisotopic (exact) mass is 324 g/mol. The third kappa shape index (κ3) is 4.44. The zero-order chi connectivity index (χ0) is 17.5. The maximum absolute atomic E-state index is 12.6. The summed E-state index contributed by atoms with van der Waals surface area (Å²) in [5.41, 5.74) is 2.05. The summed E-state index contributed by atoms with van der Waals surface area (Å²) in [5, 5.41) is 5.83. The Kier molecular flexibility index (Phi) is 6.13. The van der Waals surface area contributed by atoms with Crippen LogP contribution in [0.15, 0.2) is 54.6 Å². The summed E-state index contributed by atoms with van der Waals surface area (Å²) < 4.78 is 0. The summed E-state index contributed by atoms with van der Waals surface area (Å²) in [5.74, 6) is -0.371. The van der Waals surface area contributed by atoms with Crippen molar-refractivity contribution in [1.29, 1.82) is 0 Å². The van der Waals surface area contributed by atoms with Gasteiger partial charge >= 0.3 is 0 Å². The first-order valence-corrected chi connectivity index (χ1v) is 8.28. The van der Waals surface area contributed by atoms with Crippen molar-refractivity contribution in [3.63, 3.8) is 0 Å². The number of para-hydroxylation sites is 1. The highest BCUT2D eigenvalue weighted by molar-refractivity contribution is 6.04. The summed E-state index contributed by atoms with van der Waals surface area (Å²) in [6.07, 6.45) is 0.755. The van der Waals surface area contributed by atoms with E-state index >= 15 is 0 Å². The van der Waals surface area contributed by atoms with Crippen LogP contribution >= 0.6 is 0 Å². The minimum Gasteiger partial charge on any atom is -0.345 e. The van der Waals surface area contributed by atoms with E-state index in [-0.39, 0.29) is 23.8 Å². The summed E-state index contributed by atoms with van der Waals surface area (Å²) in [6.45, 7) is 5.77. The molecule has 2 aromatic rings. The zero-order valence-electron chi connectivity index (χ0n) is 14.4. The van der Waals surface area contributed by atoms with Gasteiger partial charge in [0.05, 0.1) is 17.3 Å². The highest BCUT2D eigenvalue weighted by Crippen LogP contribution is 2.19. The molecule has 0 heterocycles. The van der Waals surface area contributed by atoms with Crippen molar-refractivity contribution in [1.82, 2.24) is 5.32 Å². The van der Waals surface area contributed by atoms with Gasteiger partial charge in [-0.1, -0.05) is 56.3 Å². The number of rotatable bonds is 6. The molecule has 4 nitrogen and oxygen atoms in total. The number of hydrogen-bond acceptors (Lipinski definition) is 2. The minimum atomic E-state index is -0.202. The largest absolute Gasteiger partial charge is 0.345 e. The predicted octanol–water partition coefficient (Wildman–Crippen LogP) is 4.16. The Labute approximate surface area is 143 Å². The van der Waals surface area contributed by atoms with E-state index in [1.165, 1.54) is 0 Å². The summed E-state index contributed by atoms with van der Waals surface area (Å²) >= 11 is 0. The summed E-state index contributed by atoms with van der Waals surface area (Å²) in [6, 6.07) is 16.7. The predicted molar refractivity (Wildman–Crippen MR) is 96.8 cm³/mol. The van der Waals surface area contributed by atoms with Gasteiger partial charge in [-0.15, -0.1) is 0 Å². The van der Waals surface area contributed by atoms with E-state index in [1.54, 1.807) is 18.2 Å². The number of carbonyl (C=O) groups is 2. The van der Waals surface area contributed by atoms with Crippen molar-refractivity contribution >= 4 is 17.5 Å². The fourth-order valence-electron chi connectivity index (χ4n) is 2.33. The van der Waals surface area contributed by atoms with Gasteiger partial charge < -0.3 is 10.6 Å². The van der Waals surface area contributed by atoms with Gasteiger partial charge in [-0.3, -0.25) is 9.59 Å². The van der Waals surface area contributed by atoms with E-state index in [1.807, 2.05) is 57.2 Å². The van der Waals surface area contributed by atoms with Gasteiger partial charge in [-0.05, 0) is 31.0 Å². The Morgan fingerprint density at radius 1 is 0.958 bits per heavy atom. The van der Waals surface area contributed by atoms with Gasteiger partial charge in [-0.25, -0.2) is 0 Å². The lowest BCUT2D eigenvalue weighted by molar-refractivity contribution is -0.119. The Balaban J connectivity index is 2.13. The number of carbonyl (C=O) groups excluding carboxylic acids is 2. The molecule has 24 heavy (non-hydrogen) atoms. The van der Waals surface area contributed by atoms with Crippen LogP contribution in [0.4, 0.5) is 5.69 Å². The molecule has 0 aromatic heterocycles. The van der Waals surface area contributed by atoms with Crippen LogP contribution in [-0.2, 0) is 4.79 Å². The first-order chi connectivity index (χ1) is 11.5. The molecular formula is C20H24N2O2. The molecule has 0 aliphatic carbocycles. The first kappa shape index (κ1) is 17.7. The van der Waals surface area contributed by atoms with Crippen LogP contribution in [0.2, 0.25) is 0 Å². The molecule has 0 aliphatic rings. The van der Waals surface area contributed by atoms with Crippen LogP contribution in [0.5, 0.6) is 0 Å². The molecule has 2 aromatic carbocycles. The fourth-order valence-corrected chi connectivity index (χ4v) is 2.33. The molecule has 0 aliphatic heterocycles. The van der Waals surface area contributed by atoms with E-state index in [9.17, 15) is 9.59 Å². The maximum Gasteiger partial charge on any atom is 0.253 e. The molecule has 0 saturated carbocycles. The van der Waals surface area contributed by atoms with Crippen molar-refractivity contribution in [2.24, 2.45) is 5.92 Å². The second-order valence-electron chi connectivity index (χ2n) is 5.95. The molecule has 0 spiro atoms. The van der Waals surface area contributed by atoms with Crippen LogP contribution in [-0.4, -0.2) is 11.8 Å². The third-order valence-electron chi connectivity index (χ3n) is 4.14. The lowest BCUT2D eigenvalue weighted by atomic mass is 10.1. The molecule has 2 amide bonds. The molecule has 4 heteroatoms. The molecule has 0 fully saturated rings. The van der Waals surface area contributed by atoms with Crippen LogP contribution < -0.4 is 10.6 Å². The summed E-state index contributed by atoms with van der Waals surface area (Å²) in [4.78, 5) is 24.7. The van der Waals surface area contributed by atoms with E-state index in [0.29, 0.717) is 11.3 Å². The summed E-state index contributed by atoms with van der Waals surface area (Å²) in [7, 11) is 0. The van der Waals surface area contributed by atoms with Crippen LogP contribution in [0.3, 0.4) is 0 Å². The second-order valence-corrected chi connectivity index (χ2v) is 5.95. The van der Waals surface area contributed by atoms with Crippen molar-refractivity contribution in [2.45, 2.75) is 33.2 Å². The van der Waals surface area contributed by atoms with Gasteiger partial charge in [0.1, 0.15) is 0 Å². The van der Waals surface area contributed by atoms with Crippen molar-refractivity contribution in [2.75, 3.05) is 5.32 Å². The Morgan fingerprint density at radius 2 is 1.58 bits per heavy atom. The van der Waals surface area contributed by atoms with Crippen molar-refractivity contribution in [3.8, 4) is 0 Å². The number of hydrogen-bond donors (Lipinski definition) is 2. The average molecular weight is 324 g/mol. The van der Waals surface area contributed by atoms with Gasteiger partial charge in [0.15, 0.2) is 0 Å². The van der Waals surface area contributed by atoms with E-state index in [2.05, 4.69) is 10.6 Å². The molecule has 0 bridgehead atoms. The lowest BCUT2D eigenvalue weighted by Gasteiger charge is -2.17. The number of benzene rings is 2. The molecule has 0 radical (unpaired) electrons. The van der Waals surface area contributed by atoms with Crippen LogP contribution in [0.25, 0.3) is 0 Å². The standard InChI is InChI=1S/C20H24N2O2/c1-4-14(2)19(23)22-18-13-9-8-12-17(18)20(24)21-15(3)16-10-6-5-7-11-16/h5-15H,4H2,1-3H3,(H,21,24)(H,22,23)/t14-,15+/m1/s1. The van der Waals surface area contributed by atoms with E-state index in [4.69, 9.17) is 0 Å². The maximum atomic E-state index is 12.6. The number of amides is 2. The minimum absolute atomic E-state index is 0.0751. The highest BCUT2D eigenvalue weighted by atomic mass is 16.2. The third-order valence-corrected chi connectivity index (χ3v) is 4.14. The van der Waals surface area contributed by atoms with Crippen LogP contribution in [0.1, 0.15) is 49.2 Å². The molecule has 2 atom stereocenters. The molecule has 0 unspecified atom stereocenters. The smallest absolute Gasteiger partial charge is 0.253 e. The zero-order valence-corrected chi connectivity index (χ0v) is 14.4. The fraction of sp³-hybridized carbons (Fsp3) is 0.300. The molecule has 126 valence electrons. The Hall–Kier alpha value is -2.62. The van der Waals surface area contributed by atoms with Crippen molar-refractivity contribution < 1.29 is 9.59 Å². The SMILES string of the molecule is CC[C@@H](C)C(=O)Nc1ccccc1C(=O)N[C@@H](C)c1ccccc1. The quantitative estimate of drug-likeness (QED) is 0.838. The first-order valence-electron chi connectivity index (χ1n) is 8.28. The number of anilines is 1. The second kappa shape index (κ2) is 8.29. The molecule has 2 rings (SSSR count). The van der Waals surface area contributed by atoms with Gasteiger partial charge in [0.25, 0.3) is 5.91 Å². The molecular weight excluding hydrogens is 300 g/mol.